The second-order valence-corrected chi connectivity index (χ2v) is 27.8. The Morgan fingerprint density at radius 1 is 0.381 bits per heavy atom. The number of aliphatic hydroxyl groups excluding tert-OH is 8. The third-order valence-electron chi connectivity index (χ3n) is 19.0. The van der Waals surface area contributed by atoms with Crippen molar-refractivity contribution in [1.29, 1.82) is 0 Å². The van der Waals surface area contributed by atoms with Crippen molar-refractivity contribution in [2.75, 3.05) is 19.8 Å². The molecule has 97 heavy (non-hydrogen) atoms. The van der Waals surface area contributed by atoms with Crippen LogP contribution in [0.2, 0.25) is 0 Å². The zero-order valence-electron chi connectivity index (χ0n) is 61.6. The van der Waals surface area contributed by atoms with E-state index < -0.39 is 86.8 Å². The van der Waals surface area contributed by atoms with Crippen LogP contribution in [0.1, 0.15) is 328 Å². The Balaban J connectivity index is 1.64. The van der Waals surface area contributed by atoms with E-state index in [0.29, 0.717) is 12.8 Å². The van der Waals surface area contributed by atoms with Crippen LogP contribution in [-0.4, -0.2) is 140 Å². The van der Waals surface area contributed by atoms with E-state index in [1.165, 1.54) is 218 Å². The molecule has 12 unspecified atom stereocenters. The molecule has 0 spiro atoms. The smallest absolute Gasteiger partial charge is 0.220 e. The van der Waals surface area contributed by atoms with Crippen molar-refractivity contribution in [3.8, 4) is 0 Å². The molecule has 12 atom stereocenters. The molecule has 0 aromatic carbocycles. The normalized spacial score (nSPS) is 22.7. The molecule has 9 N–H and O–H groups in total. The molecule has 0 aromatic rings. The molecule has 2 heterocycles. The van der Waals surface area contributed by atoms with Crippen LogP contribution in [0.3, 0.4) is 0 Å². The molecule has 0 aromatic heterocycles. The Labute approximate surface area is 592 Å². The highest BCUT2D eigenvalue weighted by Crippen LogP contribution is 2.30. The first-order valence-electron chi connectivity index (χ1n) is 40.0. The summed E-state index contributed by atoms with van der Waals surface area (Å²) in [5.74, 6) is -0.251. The van der Waals surface area contributed by atoms with Gasteiger partial charge >= 0.3 is 0 Å². The topological polar surface area (TPSA) is 228 Å². The van der Waals surface area contributed by atoms with Gasteiger partial charge in [-0.2, -0.15) is 0 Å². The average Bonchev–Trinajstić information content (AvgIpc) is 0.794. The quantitative estimate of drug-likeness (QED) is 0.0204. The number of hydrogen-bond donors (Lipinski definition) is 9. The summed E-state index contributed by atoms with van der Waals surface area (Å²) in [4.78, 5) is 13.4. The fourth-order valence-electron chi connectivity index (χ4n) is 12.7. The summed E-state index contributed by atoms with van der Waals surface area (Å²) in [5.41, 5.74) is 0. The lowest BCUT2D eigenvalue weighted by molar-refractivity contribution is -0.359. The molecular formula is C83H147NO13. The van der Waals surface area contributed by atoms with Crippen LogP contribution in [0.4, 0.5) is 0 Å². The lowest BCUT2D eigenvalue weighted by Gasteiger charge is -2.46. The highest BCUT2D eigenvalue weighted by atomic mass is 16.7. The van der Waals surface area contributed by atoms with Crippen LogP contribution in [-0.2, 0) is 23.7 Å². The number of hydrogen-bond acceptors (Lipinski definition) is 13. The van der Waals surface area contributed by atoms with Crippen molar-refractivity contribution in [1.82, 2.24) is 5.32 Å². The van der Waals surface area contributed by atoms with Gasteiger partial charge in [-0.05, 0) is 83.5 Å². The van der Waals surface area contributed by atoms with Crippen LogP contribution < -0.4 is 5.32 Å². The predicted octanol–water partition coefficient (Wildman–Crippen LogP) is 18.1. The van der Waals surface area contributed by atoms with Gasteiger partial charge in [0, 0.05) is 6.42 Å². The maximum Gasteiger partial charge on any atom is 0.220 e. The number of rotatable bonds is 66. The molecule has 0 bridgehead atoms. The Hall–Kier alpha value is -3.09. The summed E-state index contributed by atoms with van der Waals surface area (Å²) in [6.07, 6.45) is 77.7. The first-order chi connectivity index (χ1) is 47.6. The summed E-state index contributed by atoms with van der Waals surface area (Å²) in [6, 6.07) is -0.941. The van der Waals surface area contributed by atoms with Gasteiger partial charge in [-0.15, -0.1) is 0 Å². The van der Waals surface area contributed by atoms with Gasteiger partial charge in [0.1, 0.15) is 48.8 Å². The number of amides is 1. The molecule has 2 aliphatic rings. The second-order valence-electron chi connectivity index (χ2n) is 27.8. The van der Waals surface area contributed by atoms with Gasteiger partial charge in [-0.1, -0.05) is 336 Å². The van der Waals surface area contributed by atoms with Crippen LogP contribution in [0.15, 0.2) is 97.2 Å². The first kappa shape index (κ1) is 90.0. The number of ether oxygens (including phenoxy) is 4. The molecule has 1 amide bonds. The van der Waals surface area contributed by atoms with Gasteiger partial charge in [-0.3, -0.25) is 4.79 Å². The van der Waals surface area contributed by atoms with Gasteiger partial charge in [0.15, 0.2) is 12.6 Å². The monoisotopic (exact) mass is 1370 g/mol. The van der Waals surface area contributed by atoms with E-state index in [1.807, 2.05) is 6.08 Å². The molecule has 2 aliphatic heterocycles. The first-order valence-corrected chi connectivity index (χ1v) is 40.0. The Morgan fingerprint density at radius 3 is 1.13 bits per heavy atom. The molecule has 0 aliphatic carbocycles. The number of aliphatic hydroxyl groups is 8. The maximum absolute atomic E-state index is 13.4. The fourth-order valence-corrected chi connectivity index (χ4v) is 12.7. The minimum atomic E-state index is -1.80. The molecule has 14 heteroatoms. The summed E-state index contributed by atoms with van der Waals surface area (Å²) in [7, 11) is 0. The predicted molar refractivity (Wildman–Crippen MR) is 401 cm³/mol. The second kappa shape index (κ2) is 66.2. The number of carbonyl (C=O) groups is 1. The Bertz CT molecular complexity index is 2000. The molecule has 562 valence electrons. The van der Waals surface area contributed by atoms with E-state index in [0.717, 1.165) is 77.0 Å². The van der Waals surface area contributed by atoms with Gasteiger partial charge in [-0.25, -0.2) is 0 Å². The number of carbonyl (C=O) groups excluding carboxylic acids is 1. The van der Waals surface area contributed by atoms with Gasteiger partial charge in [0.2, 0.25) is 5.91 Å². The van der Waals surface area contributed by atoms with E-state index in [4.69, 9.17) is 18.9 Å². The van der Waals surface area contributed by atoms with Crippen LogP contribution in [0.5, 0.6) is 0 Å². The standard InChI is InChI=1S/C83H147NO13/c1-3-5-7-9-11-13-15-17-19-21-23-25-27-29-31-33-35-37-38-40-42-44-46-48-50-52-54-56-58-60-62-64-66-72(87)71(70-94-82-80(93)78(91)81(74(69-86)96-82)97-83-79(92)77(90)76(89)73(68-85)95-83)84-75(88)67-65-63-61-59-57-55-53-51-49-47-45-43-41-39-36-34-32-30-28-26-24-22-20-18-16-14-12-10-8-6-4-2/h6,8,12,14,18,20,24,26,30,32,36,39,56,58,64,66,71-74,76-83,85-87,89-93H,3-5,7,9-11,13,15-17,19,21-23,25,27-29,31,33-35,37-38,40-55,57,59-63,65,67-70H2,1-2H3,(H,84,88)/b8-6-,14-12-,20-18-,26-24-,32-30-,39-36-,58-56+,66-64+. The highest BCUT2D eigenvalue weighted by molar-refractivity contribution is 5.76. The number of unbranched alkanes of at least 4 members (excludes halogenated alkanes) is 39. The van der Waals surface area contributed by atoms with E-state index in [2.05, 4.69) is 104 Å². The zero-order chi connectivity index (χ0) is 70.1. The lowest BCUT2D eigenvalue weighted by atomic mass is 9.97. The molecule has 2 saturated heterocycles. The summed E-state index contributed by atoms with van der Waals surface area (Å²) in [6.45, 7) is 2.71. The Kier molecular flexibility index (Phi) is 61.4. The van der Waals surface area contributed by atoms with Crippen molar-refractivity contribution >= 4 is 5.91 Å². The molecule has 0 radical (unpaired) electrons. The van der Waals surface area contributed by atoms with Crippen molar-refractivity contribution in [3.63, 3.8) is 0 Å². The number of allylic oxidation sites excluding steroid dienone is 15. The minimum absolute atomic E-state index is 0.251. The van der Waals surface area contributed by atoms with Crippen LogP contribution in [0, 0.1) is 0 Å². The maximum atomic E-state index is 13.4. The van der Waals surface area contributed by atoms with E-state index in [1.54, 1.807) is 6.08 Å². The van der Waals surface area contributed by atoms with Crippen LogP contribution >= 0.6 is 0 Å². The van der Waals surface area contributed by atoms with Gasteiger partial charge < -0.3 is 65.1 Å². The SMILES string of the molecule is CC/C=C\C/C=C\C/C=C\C/C=C\C/C=C\C/C=C\CCCCCCCCCCCCCCC(=O)NC(COC1OC(CO)C(OC2OC(CO)C(O)C(O)C2O)C(O)C1O)C(O)/C=C/CC/C=C/CCCCCCCCCCCCCCCCCCCCCCCCCCCC. The van der Waals surface area contributed by atoms with Crippen LogP contribution in [0.25, 0.3) is 0 Å². The lowest BCUT2D eigenvalue weighted by Crippen LogP contribution is -2.65. The van der Waals surface area contributed by atoms with E-state index in [-0.39, 0.29) is 18.9 Å². The summed E-state index contributed by atoms with van der Waals surface area (Å²) < 4.78 is 22.9. The van der Waals surface area contributed by atoms with Crippen molar-refractivity contribution in [2.24, 2.45) is 0 Å². The molecular weight excluding hydrogens is 1220 g/mol. The van der Waals surface area contributed by atoms with Crippen molar-refractivity contribution in [3.05, 3.63) is 97.2 Å². The molecule has 2 fully saturated rings. The van der Waals surface area contributed by atoms with Crippen molar-refractivity contribution in [2.45, 2.75) is 402 Å². The highest BCUT2D eigenvalue weighted by Gasteiger charge is 2.51. The van der Waals surface area contributed by atoms with Gasteiger partial charge in [0.25, 0.3) is 0 Å². The molecule has 14 nitrogen and oxygen atoms in total. The minimum Gasteiger partial charge on any atom is -0.394 e. The summed E-state index contributed by atoms with van der Waals surface area (Å²) >= 11 is 0. The van der Waals surface area contributed by atoms with E-state index in [9.17, 15) is 45.6 Å². The third-order valence-corrected chi connectivity index (χ3v) is 19.0. The molecule has 2 rings (SSSR count). The van der Waals surface area contributed by atoms with Gasteiger partial charge in [0.05, 0.1) is 32.0 Å². The largest absolute Gasteiger partial charge is 0.394 e. The molecule has 0 saturated carbocycles. The Morgan fingerprint density at radius 2 is 0.722 bits per heavy atom. The third kappa shape index (κ3) is 49.2. The summed E-state index contributed by atoms with van der Waals surface area (Å²) in [5, 5.41) is 87.7. The van der Waals surface area contributed by atoms with Crippen molar-refractivity contribution < 1.29 is 64.6 Å². The van der Waals surface area contributed by atoms with E-state index >= 15 is 0 Å². The fraction of sp³-hybridized carbons (Fsp3) is 0.795. The number of nitrogens with one attached hydrogen (secondary N) is 1. The zero-order valence-corrected chi connectivity index (χ0v) is 61.6. The average molecular weight is 1370 g/mol.